The number of allylic oxidation sites excluding steroid dienone is 2. The average Bonchev–Trinajstić information content (AvgIpc) is 3.33. The number of aliphatic hydroxyl groups is 2. The zero-order valence-corrected chi connectivity index (χ0v) is 30.1. The van der Waals surface area contributed by atoms with E-state index in [2.05, 4.69) is 23.6 Å². The average molecular weight is 780 g/mol. The van der Waals surface area contributed by atoms with E-state index in [1.54, 1.807) is 0 Å². The van der Waals surface area contributed by atoms with Crippen LogP contribution in [0, 0.1) is 0 Å². The molecule has 0 saturated heterocycles. The predicted octanol–water partition coefficient (Wildman–Crippen LogP) is 10.4. The van der Waals surface area contributed by atoms with Crippen molar-refractivity contribution in [2.24, 2.45) is 0 Å². The van der Waals surface area contributed by atoms with Gasteiger partial charge in [-0.25, -0.2) is 4.57 Å². The van der Waals surface area contributed by atoms with E-state index in [9.17, 15) is 24.2 Å². The number of esters is 2. The zero-order chi connectivity index (χ0) is 65.3. The lowest BCUT2D eigenvalue weighted by molar-refractivity contribution is -0.161. The third kappa shape index (κ3) is 36.8. The molecule has 0 heterocycles. The second kappa shape index (κ2) is 37.0. The molecule has 3 N–H and O–H groups in total. The summed E-state index contributed by atoms with van der Waals surface area (Å²) in [5.41, 5.74) is 0. The quantitative estimate of drug-likeness (QED) is 0.0238. The van der Waals surface area contributed by atoms with Crippen molar-refractivity contribution in [1.82, 2.24) is 0 Å². The van der Waals surface area contributed by atoms with E-state index < -0.39 is 154 Å². The number of ether oxygens (including phenoxy) is 2. The van der Waals surface area contributed by atoms with Gasteiger partial charge in [0.1, 0.15) is 12.7 Å². The Hall–Kier alpha value is -1.29. The fourth-order valence-corrected chi connectivity index (χ4v) is 4.57. The molecular formula is C40H77O10P. The minimum absolute atomic E-state index is 0.216. The standard InChI is InChI=1S/C40H77O10P/c1-3-5-7-9-11-13-15-17-18-20-22-24-26-28-30-32-40(44)50-38(36-49-51(45,46)48-34-37(42)33-41)35-47-39(43)31-29-27-25-23-21-19-16-14-12-10-8-6-4-2/h17-18,37-38,41-42H,3-16,19-36H2,1-2H3,(H,45,46)/b18-17-/t37?,38-/m1/s1/i2D3,4D2,6D2,8D2,10D2,12D2,14D2,16D2,19D2,21D2,23D2,25D2,27D2,29D2,31D2. The molecule has 0 bridgehead atoms. The number of carbonyl (C=O) groups excluding carboxylic acids is 2. The van der Waals surface area contributed by atoms with Gasteiger partial charge in [-0.1, -0.05) is 154 Å². The lowest BCUT2D eigenvalue weighted by Gasteiger charge is -2.20. The third-order valence-corrected chi connectivity index (χ3v) is 7.27. The topological polar surface area (TPSA) is 149 Å². The highest BCUT2D eigenvalue weighted by Crippen LogP contribution is 2.43. The van der Waals surface area contributed by atoms with Gasteiger partial charge < -0.3 is 24.6 Å². The lowest BCUT2D eigenvalue weighted by Crippen LogP contribution is -2.29. The molecule has 0 aliphatic carbocycles. The first-order valence-corrected chi connectivity index (χ1v) is 18.3. The fraction of sp³-hybridized carbons (Fsp3) is 0.900. The molecule has 0 rings (SSSR count). The summed E-state index contributed by atoms with van der Waals surface area (Å²) >= 11 is 0. The van der Waals surface area contributed by atoms with Crippen LogP contribution in [0.3, 0.4) is 0 Å². The number of unbranched alkanes of at least 4 members (excludes halogenated alkanes) is 11. The predicted molar refractivity (Wildman–Crippen MR) is 205 cm³/mol. The van der Waals surface area contributed by atoms with Crippen molar-refractivity contribution in [2.45, 2.75) is 205 Å². The summed E-state index contributed by atoms with van der Waals surface area (Å²) in [5, 5.41) is 18.5. The van der Waals surface area contributed by atoms with Gasteiger partial charge in [0.05, 0.1) is 19.8 Å². The van der Waals surface area contributed by atoms with E-state index in [1.807, 2.05) is 0 Å². The van der Waals surface area contributed by atoms with E-state index in [0.29, 0.717) is 12.8 Å². The molecule has 2 unspecified atom stereocenters. The monoisotopic (exact) mass is 780 g/mol. The number of phosphoric acid groups is 1. The van der Waals surface area contributed by atoms with Crippen molar-refractivity contribution in [1.29, 1.82) is 0 Å². The third-order valence-electron chi connectivity index (χ3n) is 6.32. The Bertz CT molecular complexity index is 2120. The maximum atomic E-state index is 13.4. The highest BCUT2D eigenvalue weighted by Gasteiger charge is 2.27. The number of rotatable bonds is 39. The molecule has 0 saturated carbocycles. The maximum absolute atomic E-state index is 13.4. The molecule has 51 heavy (non-hydrogen) atoms. The molecule has 0 aromatic carbocycles. The molecule has 0 amide bonds. The smallest absolute Gasteiger partial charge is 0.462 e. The van der Waals surface area contributed by atoms with E-state index >= 15 is 0 Å². The first kappa shape index (κ1) is 18.6. The van der Waals surface area contributed by atoms with Gasteiger partial charge in [-0.2, -0.15) is 0 Å². The fourth-order valence-electron chi connectivity index (χ4n) is 3.78. The Balaban J connectivity index is 6.82. The van der Waals surface area contributed by atoms with Crippen LogP contribution in [-0.2, 0) is 32.7 Å². The SMILES string of the molecule is [2H]C([2H])([2H])C([2H])([2H])C([2H])([2H])C([2H])([2H])C([2H])([2H])C([2H])([2H])C([2H])([2H])C([2H])([2H])C([2H])([2H])C([2H])([2H])C([2H])([2H])C([2H])([2H])C([2H])([2H])C([2H])([2H])C([2H])([2H])C(=O)OC[C@H](COP(=O)(O)OCC(O)CO)OC(=O)CCCCCCC/C=C\CCCCCCCC. The van der Waals surface area contributed by atoms with Crippen LogP contribution in [0.15, 0.2) is 12.2 Å². The van der Waals surface area contributed by atoms with Crippen LogP contribution >= 0.6 is 7.82 Å². The van der Waals surface area contributed by atoms with Crippen LogP contribution < -0.4 is 0 Å². The van der Waals surface area contributed by atoms with Crippen molar-refractivity contribution in [3.05, 3.63) is 12.2 Å². The van der Waals surface area contributed by atoms with Crippen molar-refractivity contribution in [3.63, 3.8) is 0 Å². The summed E-state index contributed by atoms with van der Waals surface area (Å²) < 4.78 is 285. The summed E-state index contributed by atoms with van der Waals surface area (Å²) in [7, 11) is -5.22. The van der Waals surface area contributed by atoms with Crippen LogP contribution in [0.1, 0.15) is 235 Å². The first-order valence-electron chi connectivity index (χ1n) is 32.3. The zero-order valence-electron chi connectivity index (χ0n) is 60.2. The van der Waals surface area contributed by atoms with Gasteiger partial charge in [0.15, 0.2) is 6.10 Å². The molecule has 302 valence electrons. The first-order chi connectivity index (χ1) is 36.4. The largest absolute Gasteiger partial charge is 0.472 e. The van der Waals surface area contributed by atoms with E-state index in [1.165, 1.54) is 32.1 Å². The van der Waals surface area contributed by atoms with E-state index in [0.717, 1.165) is 32.1 Å². The highest BCUT2D eigenvalue weighted by molar-refractivity contribution is 7.47. The normalized spacial score (nSPS) is 27.3. The second-order valence-corrected chi connectivity index (χ2v) is 12.1. The van der Waals surface area contributed by atoms with Gasteiger partial charge >= 0.3 is 19.8 Å². The Labute approximate surface area is 355 Å². The summed E-state index contributed by atoms with van der Waals surface area (Å²) in [5.74, 6) is -3.61. The maximum Gasteiger partial charge on any atom is 0.472 e. The lowest BCUT2D eigenvalue weighted by atomic mass is 10.0. The van der Waals surface area contributed by atoms with Crippen LogP contribution in [0.2, 0.25) is 0 Å². The summed E-state index contributed by atoms with van der Waals surface area (Å²) in [6.07, 6.45) is -58.0. The van der Waals surface area contributed by atoms with E-state index in [4.69, 9.17) is 61.6 Å². The molecular weight excluding hydrogens is 671 g/mol. The molecule has 10 nitrogen and oxygen atoms in total. The van der Waals surface area contributed by atoms with Gasteiger partial charge in [-0.05, 0) is 38.5 Å². The Morgan fingerprint density at radius 3 is 1.78 bits per heavy atom. The molecule has 11 heteroatoms. The Morgan fingerprint density at radius 2 is 1.22 bits per heavy atom. The molecule has 3 atom stereocenters. The number of carbonyl (C=O) groups is 2. The minimum atomic E-state index is -5.26. The molecule has 0 aliphatic rings. The molecule has 0 spiro atoms. The number of hydrogen-bond donors (Lipinski definition) is 3. The number of hydrogen-bond acceptors (Lipinski definition) is 9. The summed E-state index contributed by atoms with van der Waals surface area (Å²) in [6.45, 7) is -6.67. The van der Waals surface area contributed by atoms with Gasteiger partial charge in [0, 0.05) is 55.3 Å². The van der Waals surface area contributed by atoms with Crippen molar-refractivity contribution in [2.75, 3.05) is 26.4 Å². The molecule has 0 aliphatic heterocycles. The second-order valence-electron chi connectivity index (χ2n) is 10.7. The van der Waals surface area contributed by atoms with Gasteiger partial charge in [0.25, 0.3) is 0 Å². The minimum Gasteiger partial charge on any atom is -0.462 e. The van der Waals surface area contributed by atoms with E-state index in [-0.39, 0.29) is 12.8 Å². The Kier molecular flexibility index (Phi) is 13.5. The van der Waals surface area contributed by atoms with Gasteiger partial charge in [-0.3, -0.25) is 18.6 Å². The van der Waals surface area contributed by atoms with Crippen molar-refractivity contribution < 1.29 is 90.3 Å². The van der Waals surface area contributed by atoms with Crippen LogP contribution in [-0.4, -0.2) is 65.7 Å². The van der Waals surface area contributed by atoms with Gasteiger partial charge in [0.2, 0.25) is 0 Å². The molecule has 0 fully saturated rings. The summed E-state index contributed by atoms with van der Waals surface area (Å²) in [6, 6.07) is 0. The van der Waals surface area contributed by atoms with Crippen molar-refractivity contribution in [3.8, 4) is 0 Å². The number of aliphatic hydroxyl groups excluding tert-OH is 2. The van der Waals surface area contributed by atoms with Crippen LogP contribution in [0.4, 0.5) is 0 Å². The molecule has 0 aromatic heterocycles. The van der Waals surface area contributed by atoms with Crippen molar-refractivity contribution >= 4 is 19.8 Å². The number of phosphoric ester groups is 1. The highest BCUT2D eigenvalue weighted by atomic mass is 31.2. The van der Waals surface area contributed by atoms with Gasteiger partial charge in [-0.15, -0.1) is 0 Å². The summed E-state index contributed by atoms with van der Waals surface area (Å²) in [4.78, 5) is 36.4. The van der Waals surface area contributed by atoms with Crippen LogP contribution in [0.5, 0.6) is 0 Å². The van der Waals surface area contributed by atoms with Crippen LogP contribution in [0.25, 0.3) is 0 Å². The molecule has 0 aromatic rings. The molecule has 0 radical (unpaired) electrons. The Morgan fingerprint density at radius 1 is 0.706 bits per heavy atom.